The molecule has 2 aliphatic heterocycles. The van der Waals surface area contributed by atoms with E-state index in [4.69, 9.17) is 14.7 Å². The Morgan fingerprint density at radius 1 is 1.00 bits per heavy atom. The highest BCUT2D eigenvalue weighted by molar-refractivity contribution is 6.05. The fourth-order valence-electron chi connectivity index (χ4n) is 5.32. The summed E-state index contributed by atoms with van der Waals surface area (Å²) in [4.78, 5) is 25.8. The highest BCUT2D eigenvalue weighted by Crippen LogP contribution is 2.28. The summed E-state index contributed by atoms with van der Waals surface area (Å²) in [6, 6.07) is 14.3. The maximum absolute atomic E-state index is 13.4. The van der Waals surface area contributed by atoms with Crippen molar-refractivity contribution >= 4 is 39.4 Å². The number of nitrogens with zero attached hydrogens (tertiary/aromatic N) is 4. The van der Waals surface area contributed by atoms with Gasteiger partial charge in [-0.05, 0) is 68.4 Å². The van der Waals surface area contributed by atoms with Crippen molar-refractivity contribution in [2.24, 2.45) is 5.92 Å². The van der Waals surface area contributed by atoms with E-state index in [-0.39, 0.29) is 11.9 Å². The van der Waals surface area contributed by atoms with Crippen molar-refractivity contribution < 1.29 is 9.53 Å². The van der Waals surface area contributed by atoms with Gasteiger partial charge < -0.3 is 15.0 Å². The summed E-state index contributed by atoms with van der Waals surface area (Å²) >= 11 is 0. The number of rotatable bonds is 3. The molecule has 5 heterocycles. The van der Waals surface area contributed by atoms with E-state index in [2.05, 4.69) is 39.7 Å². The van der Waals surface area contributed by atoms with Gasteiger partial charge in [-0.1, -0.05) is 19.1 Å². The van der Waals surface area contributed by atoms with Crippen molar-refractivity contribution in [3.8, 4) is 0 Å². The normalized spacial score (nSPS) is 20.1. The van der Waals surface area contributed by atoms with Gasteiger partial charge in [-0.2, -0.15) is 0 Å². The van der Waals surface area contributed by atoms with Gasteiger partial charge >= 0.3 is 0 Å². The van der Waals surface area contributed by atoms with E-state index in [1.807, 2.05) is 24.3 Å². The molecule has 4 aromatic rings. The van der Waals surface area contributed by atoms with Gasteiger partial charge in [-0.3, -0.25) is 9.20 Å². The highest BCUT2D eigenvalue weighted by Gasteiger charge is 2.23. The topological polar surface area (TPSA) is 71.8 Å². The quantitative estimate of drug-likeness (QED) is 0.488. The van der Waals surface area contributed by atoms with Crippen LogP contribution in [0.3, 0.4) is 0 Å². The number of hydrogen-bond acceptors (Lipinski definition) is 5. The molecule has 1 unspecified atom stereocenters. The Bertz CT molecular complexity index is 1360. The maximum atomic E-state index is 13.4. The molecule has 0 bridgehead atoms. The van der Waals surface area contributed by atoms with E-state index < -0.39 is 0 Å². The number of carbonyl (C=O) groups excluding carboxylic acids is 1. The first-order valence-electron chi connectivity index (χ1n) is 12.5. The molecule has 3 aromatic heterocycles. The molecule has 2 saturated heterocycles. The third kappa shape index (κ3) is 3.88. The summed E-state index contributed by atoms with van der Waals surface area (Å²) in [6.45, 7) is 5.77. The molecule has 0 saturated carbocycles. The van der Waals surface area contributed by atoms with Crippen LogP contribution < -0.4 is 10.2 Å². The van der Waals surface area contributed by atoms with Crippen LogP contribution in [0, 0.1) is 5.92 Å². The van der Waals surface area contributed by atoms with Crippen molar-refractivity contribution in [3.05, 3.63) is 48.0 Å². The van der Waals surface area contributed by atoms with Gasteiger partial charge in [0.05, 0.1) is 16.6 Å². The number of fused-ring (bicyclic) bond motifs is 5. The number of pyridine rings is 2. The number of nitrogens with one attached hydrogen (secondary N) is 1. The van der Waals surface area contributed by atoms with Crippen LogP contribution >= 0.6 is 0 Å². The Hall–Kier alpha value is -3.19. The van der Waals surface area contributed by atoms with Gasteiger partial charge in [0, 0.05) is 37.7 Å². The summed E-state index contributed by atoms with van der Waals surface area (Å²) in [7, 11) is 0. The molecule has 0 spiro atoms. The monoisotopic (exact) mass is 457 g/mol. The summed E-state index contributed by atoms with van der Waals surface area (Å²) in [5, 5.41) is 4.15. The molecule has 7 nitrogen and oxygen atoms in total. The van der Waals surface area contributed by atoms with Crippen LogP contribution in [0.4, 0.5) is 5.82 Å². The second-order valence-electron chi connectivity index (χ2n) is 9.78. The average Bonchev–Trinajstić information content (AvgIpc) is 3.12. The number of amides is 1. The largest absolute Gasteiger partial charge is 0.381 e. The third-order valence-electron chi connectivity index (χ3n) is 7.35. The maximum Gasteiger partial charge on any atom is 0.255 e. The van der Waals surface area contributed by atoms with Crippen molar-refractivity contribution in [1.82, 2.24) is 19.7 Å². The average molecular weight is 458 g/mol. The molecule has 0 aliphatic carbocycles. The van der Waals surface area contributed by atoms with E-state index in [1.165, 1.54) is 19.3 Å². The zero-order valence-electron chi connectivity index (χ0n) is 19.7. The number of para-hydroxylation sites is 2. The number of ether oxygens (including phenoxy) is 1. The van der Waals surface area contributed by atoms with Gasteiger partial charge in [0.15, 0.2) is 5.65 Å². The highest BCUT2D eigenvalue weighted by atomic mass is 16.5. The number of benzene rings is 1. The SMILES string of the molecule is CC1CCCN(c2ccc3cc(C(=O)NC4CCOCC4)c4nc5ccccc5n4c3n2)CC1. The van der Waals surface area contributed by atoms with Crippen LogP contribution in [0.15, 0.2) is 42.5 Å². The Labute approximate surface area is 199 Å². The van der Waals surface area contributed by atoms with Gasteiger partial charge in [0.2, 0.25) is 0 Å². The molecule has 7 heteroatoms. The first-order valence-corrected chi connectivity index (χ1v) is 12.5. The lowest BCUT2D eigenvalue weighted by Crippen LogP contribution is -2.39. The molecule has 34 heavy (non-hydrogen) atoms. The van der Waals surface area contributed by atoms with Gasteiger partial charge in [-0.25, -0.2) is 9.97 Å². The summed E-state index contributed by atoms with van der Waals surface area (Å²) in [6.07, 6.45) is 5.33. The fraction of sp³-hybridized carbons (Fsp3) is 0.444. The third-order valence-corrected chi connectivity index (χ3v) is 7.35. The van der Waals surface area contributed by atoms with Gasteiger partial charge in [-0.15, -0.1) is 0 Å². The lowest BCUT2D eigenvalue weighted by molar-refractivity contribution is 0.0697. The van der Waals surface area contributed by atoms with E-state index >= 15 is 0 Å². The summed E-state index contributed by atoms with van der Waals surface area (Å²) in [5.74, 6) is 1.67. The number of aromatic nitrogens is 3. The molecule has 1 amide bonds. The van der Waals surface area contributed by atoms with Crippen LogP contribution in [0.25, 0.3) is 27.7 Å². The zero-order valence-corrected chi connectivity index (χ0v) is 19.7. The van der Waals surface area contributed by atoms with Gasteiger partial charge in [0.25, 0.3) is 5.91 Å². The molecule has 0 radical (unpaired) electrons. The number of carbonyl (C=O) groups is 1. The molecule has 176 valence electrons. The Kier molecular flexibility index (Phi) is 5.57. The van der Waals surface area contributed by atoms with E-state index in [1.54, 1.807) is 0 Å². The van der Waals surface area contributed by atoms with Crippen molar-refractivity contribution in [3.63, 3.8) is 0 Å². The predicted octanol–water partition coefficient (Wildman–Crippen LogP) is 4.57. The minimum atomic E-state index is -0.0836. The molecule has 1 atom stereocenters. The molecule has 6 rings (SSSR count). The van der Waals surface area contributed by atoms with Crippen LogP contribution in [-0.4, -0.2) is 52.6 Å². The lowest BCUT2D eigenvalue weighted by Gasteiger charge is -2.23. The standard InChI is InChI=1S/C27H31N5O2/c1-18-5-4-13-31(14-10-18)24-9-8-19-17-21(27(33)28-20-11-15-34-16-12-20)26-29-22-6-2-3-7-23(22)32(26)25(19)30-24/h2-3,6-9,17-18,20H,4-5,10-16H2,1H3,(H,28,33). The molecule has 1 aromatic carbocycles. The zero-order chi connectivity index (χ0) is 23.1. The van der Waals surface area contributed by atoms with Gasteiger partial charge in [0.1, 0.15) is 11.5 Å². The van der Waals surface area contributed by atoms with Crippen LogP contribution in [-0.2, 0) is 4.74 Å². The minimum absolute atomic E-state index is 0.0836. The second kappa shape index (κ2) is 8.87. The van der Waals surface area contributed by atoms with E-state index in [0.29, 0.717) is 24.4 Å². The first-order chi connectivity index (χ1) is 16.7. The Morgan fingerprint density at radius 3 is 2.74 bits per heavy atom. The summed E-state index contributed by atoms with van der Waals surface area (Å²) in [5.41, 5.74) is 3.94. The molecule has 2 aliphatic rings. The number of hydrogen-bond donors (Lipinski definition) is 1. The second-order valence-corrected chi connectivity index (χ2v) is 9.78. The Morgan fingerprint density at radius 2 is 1.85 bits per heavy atom. The molecule has 2 fully saturated rings. The van der Waals surface area contributed by atoms with E-state index in [0.717, 1.165) is 59.7 Å². The predicted molar refractivity (Wildman–Crippen MR) is 135 cm³/mol. The summed E-state index contributed by atoms with van der Waals surface area (Å²) < 4.78 is 7.51. The molecule has 1 N–H and O–H groups in total. The van der Waals surface area contributed by atoms with Crippen LogP contribution in [0.2, 0.25) is 0 Å². The van der Waals surface area contributed by atoms with Crippen molar-refractivity contribution in [2.75, 3.05) is 31.2 Å². The molecular weight excluding hydrogens is 426 g/mol. The first kappa shape index (κ1) is 21.4. The molecular formula is C27H31N5O2. The smallest absolute Gasteiger partial charge is 0.255 e. The number of imidazole rings is 1. The lowest BCUT2D eigenvalue weighted by atomic mass is 10.0. The minimum Gasteiger partial charge on any atom is -0.381 e. The van der Waals surface area contributed by atoms with Crippen molar-refractivity contribution in [2.45, 2.75) is 45.1 Å². The van der Waals surface area contributed by atoms with Crippen LogP contribution in [0.5, 0.6) is 0 Å². The van der Waals surface area contributed by atoms with Crippen LogP contribution in [0.1, 0.15) is 49.4 Å². The number of anilines is 1. The fourth-order valence-corrected chi connectivity index (χ4v) is 5.32. The van der Waals surface area contributed by atoms with E-state index in [9.17, 15) is 4.79 Å². The Balaban J connectivity index is 1.48. The van der Waals surface area contributed by atoms with Crippen molar-refractivity contribution in [1.29, 1.82) is 0 Å².